The molecular weight excluding hydrogens is 375 g/mol. The number of nitrogens with one attached hydrogen (secondary N) is 1. The Labute approximate surface area is 156 Å². The van der Waals surface area contributed by atoms with E-state index in [1.165, 1.54) is 24.3 Å². The lowest BCUT2D eigenvalue weighted by Gasteiger charge is -2.14. The zero-order valence-corrected chi connectivity index (χ0v) is 14.3. The number of carbonyl (C=O) groups excluding carboxylic acids is 1. The van der Waals surface area contributed by atoms with E-state index in [2.05, 4.69) is 4.98 Å². The molecule has 0 aliphatic heterocycles. The van der Waals surface area contributed by atoms with Gasteiger partial charge in [-0.15, -0.1) is 0 Å². The van der Waals surface area contributed by atoms with E-state index in [-0.39, 0.29) is 17.7 Å². The van der Waals surface area contributed by atoms with Crippen molar-refractivity contribution >= 4 is 5.91 Å². The fourth-order valence-electron chi connectivity index (χ4n) is 2.55. The summed E-state index contributed by atoms with van der Waals surface area (Å²) in [5.74, 6) is -0.687. The van der Waals surface area contributed by atoms with Crippen molar-refractivity contribution in [3.63, 3.8) is 0 Å². The molecule has 144 valence electrons. The lowest BCUT2D eigenvalue weighted by Crippen LogP contribution is -2.27. The molecule has 0 unspecified atom stereocenters. The predicted molar refractivity (Wildman–Crippen MR) is 94.6 cm³/mol. The maximum atomic E-state index is 13.3. The number of primary amides is 1. The minimum atomic E-state index is -4.82. The topological polar surface area (TPSA) is 98.1 Å². The maximum absolute atomic E-state index is 13.3. The van der Waals surface area contributed by atoms with E-state index < -0.39 is 28.9 Å². The summed E-state index contributed by atoms with van der Waals surface area (Å²) in [6, 6.07) is 10.2. The fraction of sp³-hybridized carbons (Fsp3) is 0.105. The van der Waals surface area contributed by atoms with Gasteiger partial charge in [0.1, 0.15) is 23.6 Å². The highest BCUT2D eigenvalue weighted by molar-refractivity contribution is 5.94. The third-order valence-corrected chi connectivity index (χ3v) is 3.88. The van der Waals surface area contributed by atoms with Crippen LogP contribution in [0, 0.1) is 0 Å². The monoisotopic (exact) mass is 389 g/mol. The summed E-state index contributed by atoms with van der Waals surface area (Å²) in [6.07, 6.45) is -1.56. The average molecular weight is 389 g/mol. The second-order valence-corrected chi connectivity index (χ2v) is 5.84. The van der Waals surface area contributed by atoms with Gasteiger partial charge in [-0.25, -0.2) is 0 Å². The van der Waals surface area contributed by atoms with Crippen LogP contribution in [0.2, 0.25) is 0 Å². The number of alkyl halides is 3. The second-order valence-electron chi connectivity index (χ2n) is 5.84. The molecular formula is C19H14F3N3O3. The first kappa shape index (κ1) is 19.2. The molecule has 1 amide bonds. The molecule has 9 heteroatoms. The summed E-state index contributed by atoms with van der Waals surface area (Å²) in [4.78, 5) is 28.7. The number of pyridine rings is 2. The molecule has 0 spiro atoms. The number of nitrogens with zero attached hydrogens (tertiary/aromatic N) is 1. The first-order chi connectivity index (χ1) is 13.3. The normalized spacial score (nSPS) is 11.2. The zero-order valence-electron chi connectivity index (χ0n) is 14.3. The highest BCUT2D eigenvalue weighted by Crippen LogP contribution is 2.35. The highest BCUT2D eigenvalue weighted by atomic mass is 19.4. The summed E-state index contributed by atoms with van der Waals surface area (Å²) >= 11 is 0. The molecule has 3 aromatic rings. The number of halogens is 3. The lowest BCUT2D eigenvalue weighted by molar-refractivity contribution is -0.140. The number of H-pyrrole nitrogens is 1. The average Bonchev–Trinajstić information content (AvgIpc) is 2.66. The van der Waals surface area contributed by atoms with Crippen LogP contribution in [-0.4, -0.2) is 15.9 Å². The first-order valence-electron chi connectivity index (χ1n) is 8.02. The number of aromatic amines is 1. The number of hydrogen-bond acceptors (Lipinski definition) is 4. The molecule has 3 N–H and O–H groups in total. The van der Waals surface area contributed by atoms with Crippen molar-refractivity contribution < 1.29 is 22.7 Å². The van der Waals surface area contributed by atoms with Crippen molar-refractivity contribution in [2.24, 2.45) is 5.73 Å². The zero-order chi connectivity index (χ0) is 20.3. The lowest BCUT2D eigenvalue weighted by atomic mass is 10.0. The molecule has 0 bridgehead atoms. The third kappa shape index (κ3) is 4.20. The minimum absolute atomic E-state index is 0.139. The molecule has 0 fully saturated rings. The Balaban J connectivity index is 1.93. The van der Waals surface area contributed by atoms with E-state index in [4.69, 9.17) is 10.5 Å². The molecule has 0 saturated heterocycles. The molecule has 0 aliphatic rings. The molecule has 0 atom stereocenters. The predicted octanol–water partition coefficient (Wildman–Crippen LogP) is 3.13. The van der Waals surface area contributed by atoms with E-state index in [0.717, 1.165) is 11.6 Å². The maximum Gasteiger partial charge on any atom is 0.431 e. The van der Waals surface area contributed by atoms with Crippen LogP contribution in [0.15, 0.2) is 59.7 Å². The van der Waals surface area contributed by atoms with Crippen molar-refractivity contribution in [2.75, 3.05) is 0 Å². The highest BCUT2D eigenvalue weighted by Gasteiger charge is 2.36. The van der Waals surface area contributed by atoms with E-state index in [0.29, 0.717) is 5.75 Å². The number of rotatable bonds is 5. The summed E-state index contributed by atoms with van der Waals surface area (Å²) in [7, 11) is 0. The third-order valence-electron chi connectivity index (χ3n) is 3.88. The first-order valence-corrected chi connectivity index (χ1v) is 8.02. The van der Waals surface area contributed by atoms with Crippen molar-refractivity contribution in [3.8, 4) is 16.9 Å². The van der Waals surface area contributed by atoms with Crippen molar-refractivity contribution in [3.05, 3.63) is 82.0 Å². The molecule has 3 rings (SSSR count). The van der Waals surface area contributed by atoms with Gasteiger partial charge in [0.15, 0.2) is 0 Å². The van der Waals surface area contributed by atoms with E-state index in [1.54, 1.807) is 23.4 Å². The summed E-state index contributed by atoms with van der Waals surface area (Å²) in [5.41, 5.74) is 2.67. The van der Waals surface area contributed by atoms with Gasteiger partial charge in [0.25, 0.3) is 11.5 Å². The van der Waals surface area contributed by atoms with Gasteiger partial charge in [-0.1, -0.05) is 18.2 Å². The minimum Gasteiger partial charge on any atom is -0.489 e. The van der Waals surface area contributed by atoms with Crippen LogP contribution >= 0.6 is 0 Å². The largest absolute Gasteiger partial charge is 0.489 e. The molecule has 28 heavy (non-hydrogen) atoms. The van der Waals surface area contributed by atoms with Gasteiger partial charge in [-0.05, 0) is 29.8 Å². The molecule has 0 saturated carbocycles. The van der Waals surface area contributed by atoms with Gasteiger partial charge in [0, 0.05) is 23.5 Å². The van der Waals surface area contributed by atoms with Crippen LogP contribution in [0.25, 0.3) is 11.1 Å². The Kier molecular flexibility index (Phi) is 5.16. The van der Waals surface area contributed by atoms with Crippen LogP contribution in [0.3, 0.4) is 0 Å². The van der Waals surface area contributed by atoms with Gasteiger partial charge >= 0.3 is 6.18 Å². The Hall–Kier alpha value is -3.62. The number of amides is 1. The standard InChI is InChI=1S/C19H14F3N3O3/c20-19(21,22)16-14(8-15(17(23)26)18(27)25-16)12-3-5-13(6-4-12)28-10-11-2-1-7-24-9-11/h1-9H,10H2,(H2,23,26)(H,25,27). The van der Waals surface area contributed by atoms with Gasteiger partial charge in [0.2, 0.25) is 0 Å². The SMILES string of the molecule is NC(=O)c1cc(-c2ccc(OCc3cccnc3)cc2)c(C(F)(F)F)[nH]c1=O. The van der Waals surface area contributed by atoms with Crippen LogP contribution in [0.5, 0.6) is 5.75 Å². The Morgan fingerprint density at radius 2 is 1.89 bits per heavy atom. The van der Waals surface area contributed by atoms with Crippen molar-refractivity contribution in [2.45, 2.75) is 12.8 Å². The summed E-state index contributed by atoms with van der Waals surface area (Å²) in [6.45, 7) is 0.242. The molecule has 2 aromatic heterocycles. The quantitative estimate of drug-likeness (QED) is 0.700. The van der Waals surface area contributed by atoms with Crippen LogP contribution < -0.4 is 16.0 Å². The van der Waals surface area contributed by atoms with Crippen molar-refractivity contribution in [1.82, 2.24) is 9.97 Å². The Morgan fingerprint density at radius 3 is 2.46 bits per heavy atom. The molecule has 2 heterocycles. The van der Waals surface area contributed by atoms with Crippen molar-refractivity contribution in [1.29, 1.82) is 0 Å². The van der Waals surface area contributed by atoms with Gasteiger partial charge in [0.05, 0.1) is 0 Å². The number of nitrogens with two attached hydrogens (primary N) is 1. The fourth-order valence-corrected chi connectivity index (χ4v) is 2.55. The van der Waals surface area contributed by atoms with Crippen LogP contribution in [0.4, 0.5) is 13.2 Å². The van der Waals surface area contributed by atoms with Gasteiger partial charge < -0.3 is 15.5 Å². The number of carbonyl (C=O) groups is 1. The number of aromatic nitrogens is 2. The smallest absolute Gasteiger partial charge is 0.431 e. The molecule has 0 aliphatic carbocycles. The van der Waals surface area contributed by atoms with Crippen LogP contribution in [0.1, 0.15) is 21.6 Å². The van der Waals surface area contributed by atoms with Gasteiger partial charge in [-0.3, -0.25) is 14.6 Å². The number of ether oxygens (including phenoxy) is 1. The van der Waals surface area contributed by atoms with Crippen LogP contribution in [-0.2, 0) is 12.8 Å². The number of benzene rings is 1. The molecule has 6 nitrogen and oxygen atoms in total. The van der Waals surface area contributed by atoms with Gasteiger partial charge in [-0.2, -0.15) is 13.2 Å². The Bertz CT molecular complexity index is 1050. The molecule has 1 aromatic carbocycles. The second kappa shape index (κ2) is 7.55. The number of hydrogen-bond donors (Lipinski definition) is 2. The molecule has 0 radical (unpaired) electrons. The van der Waals surface area contributed by atoms with E-state index in [9.17, 15) is 22.8 Å². The Morgan fingerprint density at radius 1 is 1.18 bits per heavy atom. The summed E-state index contributed by atoms with van der Waals surface area (Å²) < 4.78 is 45.5. The van der Waals surface area contributed by atoms with E-state index in [1.807, 2.05) is 6.07 Å². The van der Waals surface area contributed by atoms with E-state index >= 15 is 0 Å². The summed E-state index contributed by atoms with van der Waals surface area (Å²) in [5, 5.41) is 0.